The summed E-state index contributed by atoms with van der Waals surface area (Å²) >= 11 is 0. The van der Waals surface area contributed by atoms with Gasteiger partial charge in [0.15, 0.2) is 12.0 Å². The maximum atomic E-state index is 11.0. The first-order valence-corrected chi connectivity index (χ1v) is 5.22. The van der Waals surface area contributed by atoms with Crippen LogP contribution in [0.25, 0.3) is 11.1 Å². The van der Waals surface area contributed by atoms with E-state index in [1.807, 2.05) is 13.0 Å². The summed E-state index contributed by atoms with van der Waals surface area (Å²) in [5, 5.41) is 9.03. The Morgan fingerprint density at radius 1 is 1.56 bits per heavy atom. The fraction of sp³-hybridized carbons (Fsp3) is 0.333. The number of aliphatic carboxylic acids is 1. The van der Waals surface area contributed by atoms with Gasteiger partial charge in [0.1, 0.15) is 5.52 Å². The highest BCUT2D eigenvalue weighted by atomic mass is 16.4. The Labute approximate surface area is 92.9 Å². The van der Waals surface area contributed by atoms with E-state index >= 15 is 0 Å². The van der Waals surface area contributed by atoms with Crippen molar-refractivity contribution in [3.05, 3.63) is 29.7 Å². The van der Waals surface area contributed by atoms with Crippen molar-refractivity contribution >= 4 is 17.1 Å². The lowest BCUT2D eigenvalue weighted by Crippen LogP contribution is -2.09. The highest BCUT2D eigenvalue weighted by molar-refractivity contribution is 5.81. The van der Waals surface area contributed by atoms with Crippen molar-refractivity contribution in [2.45, 2.75) is 26.2 Å². The van der Waals surface area contributed by atoms with Gasteiger partial charge in [0.2, 0.25) is 0 Å². The quantitative estimate of drug-likeness (QED) is 0.861. The second kappa shape index (κ2) is 3.96. The second-order valence-corrected chi connectivity index (χ2v) is 3.78. The van der Waals surface area contributed by atoms with Crippen molar-refractivity contribution in [1.82, 2.24) is 4.98 Å². The molecule has 1 aromatic carbocycles. The number of aromatic nitrogens is 1. The highest BCUT2D eigenvalue weighted by Gasteiger charge is 2.18. The van der Waals surface area contributed by atoms with Crippen molar-refractivity contribution in [3.63, 3.8) is 0 Å². The third kappa shape index (κ3) is 1.66. The zero-order valence-electron chi connectivity index (χ0n) is 9.23. The Morgan fingerprint density at radius 2 is 2.31 bits per heavy atom. The molecular formula is C12H13NO3. The molecule has 0 aliphatic carbocycles. The van der Waals surface area contributed by atoms with E-state index in [4.69, 9.17) is 9.52 Å². The number of rotatable bonds is 3. The van der Waals surface area contributed by atoms with Gasteiger partial charge in [-0.05, 0) is 36.6 Å². The van der Waals surface area contributed by atoms with Crippen LogP contribution >= 0.6 is 0 Å². The molecule has 0 aliphatic rings. The van der Waals surface area contributed by atoms with Crippen molar-refractivity contribution in [3.8, 4) is 0 Å². The van der Waals surface area contributed by atoms with Crippen LogP contribution in [-0.2, 0) is 11.2 Å². The van der Waals surface area contributed by atoms with Gasteiger partial charge < -0.3 is 9.52 Å². The molecule has 84 valence electrons. The molecule has 0 amide bonds. The van der Waals surface area contributed by atoms with Crippen LogP contribution in [0, 0.1) is 0 Å². The van der Waals surface area contributed by atoms with Crippen LogP contribution in [-0.4, -0.2) is 16.1 Å². The van der Waals surface area contributed by atoms with Crippen LogP contribution in [0.15, 0.2) is 22.9 Å². The summed E-state index contributed by atoms with van der Waals surface area (Å²) in [6.45, 7) is 3.68. The fourth-order valence-electron chi connectivity index (χ4n) is 1.80. The zero-order valence-corrected chi connectivity index (χ0v) is 9.23. The Bertz CT molecular complexity index is 530. The van der Waals surface area contributed by atoms with Crippen LogP contribution in [0.3, 0.4) is 0 Å². The molecule has 0 spiro atoms. The average molecular weight is 219 g/mol. The van der Waals surface area contributed by atoms with Gasteiger partial charge in [-0.1, -0.05) is 6.92 Å². The summed E-state index contributed by atoms with van der Waals surface area (Å²) in [6.07, 6.45) is 2.16. The van der Waals surface area contributed by atoms with Gasteiger partial charge in [-0.25, -0.2) is 4.98 Å². The predicted molar refractivity (Wildman–Crippen MR) is 59.4 cm³/mol. The third-order valence-electron chi connectivity index (χ3n) is 2.81. The Balaban J connectivity index is 2.61. The van der Waals surface area contributed by atoms with Gasteiger partial charge >= 0.3 is 5.97 Å². The molecule has 0 saturated carbocycles. The topological polar surface area (TPSA) is 63.3 Å². The smallest absolute Gasteiger partial charge is 0.310 e. The number of benzene rings is 1. The molecule has 16 heavy (non-hydrogen) atoms. The van der Waals surface area contributed by atoms with E-state index in [2.05, 4.69) is 4.98 Å². The number of hydrogen-bond acceptors (Lipinski definition) is 3. The molecule has 1 unspecified atom stereocenters. The molecule has 0 aliphatic heterocycles. The van der Waals surface area contributed by atoms with Crippen molar-refractivity contribution in [2.24, 2.45) is 0 Å². The van der Waals surface area contributed by atoms with E-state index in [1.165, 1.54) is 6.39 Å². The van der Waals surface area contributed by atoms with Gasteiger partial charge in [0.05, 0.1) is 5.92 Å². The van der Waals surface area contributed by atoms with E-state index in [9.17, 15) is 4.79 Å². The first-order chi connectivity index (χ1) is 7.63. The van der Waals surface area contributed by atoms with Gasteiger partial charge in [-0.15, -0.1) is 0 Å². The maximum absolute atomic E-state index is 11.0. The number of carbonyl (C=O) groups is 1. The van der Waals surface area contributed by atoms with Crippen molar-refractivity contribution < 1.29 is 14.3 Å². The molecule has 2 aromatic rings. The molecular weight excluding hydrogens is 206 g/mol. The highest BCUT2D eigenvalue weighted by Crippen LogP contribution is 2.26. The van der Waals surface area contributed by atoms with Crippen molar-refractivity contribution in [2.75, 3.05) is 0 Å². The summed E-state index contributed by atoms with van der Waals surface area (Å²) in [4.78, 5) is 15.0. The lowest BCUT2D eigenvalue weighted by atomic mass is 9.94. The van der Waals surface area contributed by atoms with E-state index in [0.717, 1.165) is 17.5 Å². The minimum Gasteiger partial charge on any atom is -0.481 e. The summed E-state index contributed by atoms with van der Waals surface area (Å²) in [7, 11) is 0. The van der Waals surface area contributed by atoms with Crippen LogP contribution < -0.4 is 0 Å². The molecule has 1 aromatic heterocycles. The monoisotopic (exact) mass is 219 g/mol. The lowest BCUT2D eigenvalue weighted by molar-refractivity contribution is -0.138. The Morgan fingerprint density at radius 3 is 2.94 bits per heavy atom. The van der Waals surface area contributed by atoms with E-state index in [1.54, 1.807) is 13.0 Å². The first-order valence-electron chi connectivity index (χ1n) is 5.22. The molecule has 4 heteroatoms. The Kier molecular flexibility index (Phi) is 2.64. The molecule has 4 nitrogen and oxygen atoms in total. The number of nitrogens with zero attached hydrogens (tertiary/aromatic N) is 1. The molecule has 2 rings (SSSR count). The predicted octanol–water partition coefficient (Wildman–Crippen LogP) is 2.58. The van der Waals surface area contributed by atoms with E-state index in [0.29, 0.717) is 11.1 Å². The van der Waals surface area contributed by atoms with E-state index in [-0.39, 0.29) is 0 Å². The zero-order chi connectivity index (χ0) is 11.7. The third-order valence-corrected chi connectivity index (χ3v) is 2.81. The first kappa shape index (κ1) is 10.7. The second-order valence-electron chi connectivity index (χ2n) is 3.78. The van der Waals surface area contributed by atoms with Gasteiger partial charge in [-0.2, -0.15) is 0 Å². The van der Waals surface area contributed by atoms with Crippen LogP contribution in [0.2, 0.25) is 0 Å². The number of carboxylic acid groups (broad SMARTS) is 1. The Hall–Kier alpha value is -1.84. The minimum atomic E-state index is -0.822. The molecule has 0 radical (unpaired) electrons. The summed E-state index contributed by atoms with van der Waals surface area (Å²) in [5.41, 5.74) is 3.23. The summed E-state index contributed by atoms with van der Waals surface area (Å²) in [6, 6.07) is 3.67. The summed E-state index contributed by atoms with van der Waals surface area (Å²) in [5.74, 6) is -1.34. The molecule has 1 heterocycles. The average Bonchev–Trinajstić information content (AvgIpc) is 2.72. The van der Waals surface area contributed by atoms with Gasteiger partial charge in [0.25, 0.3) is 0 Å². The van der Waals surface area contributed by atoms with Crippen LogP contribution in [0.4, 0.5) is 0 Å². The fourth-order valence-corrected chi connectivity index (χ4v) is 1.80. The number of aryl methyl sites for hydroxylation is 1. The van der Waals surface area contributed by atoms with Gasteiger partial charge in [-0.3, -0.25) is 4.79 Å². The lowest BCUT2D eigenvalue weighted by Gasteiger charge is -2.11. The molecule has 1 atom stereocenters. The molecule has 0 saturated heterocycles. The number of oxazole rings is 1. The van der Waals surface area contributed by atoms with Crippen LogP contribution in [0.1, 0.15) is 30.9 Å². The number of carboxylic acids is 1. The van der Waals surface area contributed by atoms with E-state index < -0.39 is 11.9 Å². The van der Waals surface area contributed by atoms with Crippen molar-refractivity contribution in [1.29, 1.82) is 0 Å². The molecule has 0 bridgehead atoms. The van der Waals surface area contributed by atoms with Crippen LogP contribution in [0.5, 0.6) is 0 Å². The SMILES string of the molecule is CCc1cc2ocnc2cc1C(C)C(=O)O. The summed E-state index contributed by atoms with van der Waals surface area (Å²) < 4.78 is 5.20. The van der Waals surface area contributed by atoms with Gasteiger partial charge in [0, 0.05) is 0 Å². The number of fused-ring (bicyclic) bond motifs is 1. The largest absolute Gasteiger partial charge is 0.481 e. The standard InChI is InChI=1S/C12H13NO3/c1-3-8-4-11-10(13-6-16-11)5-9(8)7(2)12(14)15/h4-7H,3H2,1-2H3,(H,14,15). The molecule has 0 fully saturated rings. The molecule has 1 N–H and O–H groups in total. The maximum Gasteiger partial charge on any atom is 0.310 e. The number of hydrogen-bond donors (Lipinski definition) is 1. The minimum absolute atomic E-state index is 0.518. The normalized spacial score (nSPS) is 12.9.